The quantitative estimate of drug-likeness (QED) is 0.0116. The number of hydrogen-bond donors (Lipinski definition) is 8. The number of benzene rings is 1. The van der Waals surface area contributed by atoms with E-state index in [2.05, 4.69) is 41.4 Å². The summed E-state index contributed by atoms with van der Waals surface area (Å²) in [6.07, 6.45) is 4.26. The molecule has 288 valence electrons. The van der Waals surface area contributed by atoms with Crippen molar-refractivity contribution in [1.82, 2.24) is 26.3 Å². The van der Waals surface area contributed by atoms with E-state index in [4.69, 9.17) is 15.1 Å². The minimum atomic E-state index is -2.10. The first kappa shape index (κ1) is 41.7. The number of rotatable bonds is 20. The van der Waals surface area contributed by atoms with Gasteiger partial charge in [0.1, 0.15) is 18.5 Å². The van der Waals surface area contributed by atoms with Gasteiger partial charge in [0.05, 0.1) is 37.4 Å². The average Bonchev–Trinajstić information content (AvgIpc) is 3.12. The Morgan fingerprint density at radius 3 is 2.48 bits per heavy atom. The summed E-state index contributed by atoms with van der Waals surface area (Å²) in [5.41, 5.74) is 0.792. The summed E-state index contributed by atoms with van der Waals surface area (Å²) in [5, 5.41) is 51.8. The molecule has 2 heterocycles. The third kappa shape index (κ3) is 14.9. The highest BCUT2D eigenvalue weighted by Crippen LogP contribution is 2.14. The van der Waals surface area contributed by atoms with Crippen molar-refractivity contribution in [2.45, 2.75) is 50.3 Å². The molecule has 8 N–H and O–H groups in total. The topological polar surface area (TPSA) is 326 Å². The van der Waals surface area contributed by atoms with Crippen molar-refractivity contribution in [2.75, 3.05) is 43.5 Å². The molecule has 1 aromatic carbocycles. The molecule has 1 aliphatic heterocycles. The van der Waals surface area contributed by atoms with Gasteiger partial charge in [0.15, 0.2) is 12.2 Å². The van der Waals surface area contributed by atoms with Crippen molar-refractivity contribution < 1.29 is 53.6 Å². The van der Waals surface area contributed by atoms with Crippen LogP contribution in [0.3, 0.4) is 0 Å². The zero-order chi connectivity index (χ0) is 39.5. The summed E-state index contributed by atoms with van der Waals surface area (Å²) in [7, 11) is 0. The number of carboxylic acid groups (broad SMARTS) is 2. The Morgan fingerprint density at radius 1 is 1.04 bits per heavy atom. The first-order valence-electron chi connectivity index (χ1n) is 16.3. The summed E-state index contributed by atoms with van der Waals surface area (Å²) >= 11 is 0. The molecule has 1 unspecified atom stereocenters. The summed E-state index contributed by atoms with van der Waals surface area (Å²) in [6.45, 7) is 1.14. The van der Waals surface area contributed by atoms with Crippen LogP contribution in [0.2, 0.25) is 0 Å². The predicted octanol–water partition coefficient (Wildman–Crippen LogP) is -1.09. The monoisotopic (exact) mass is 754 g/mol. The van der Waals surface area contributed by atoms with Gasteiger partial charge >= 0.3 is 11.9 Å². The van der Waals surface area contributed by atoms with Crippen molar-refractivity contribution in [3.8, 4) is 6.19 Å². The summed E-state index contributed by atoms with van der Waals surface area (Å²) in [6, 6.07) is 3.41. The number of amidine groups is 1. The number of aliphatic imine (C=N–C) groups is 1. The molecule has 54 heavy (non-hydrogen) atoms. The number of aliphatic carboxylic acids is 2. The first-order chi connectivity index (χ1) is 25.8. The molecular formula is C32H38N10O12. The van der Waals surface area contributed by atoms with Crippen LogP contribution in [0.5, 0.6) is 0 Å². The lowest BCUT2D eigenvalue weighted by atomic mass is 10.1. The number of carbonyl (C=O) groups is 6. The van der Waals surface area contributed by atoms with E-state index in [9.17, 15) is 44.0 Å². The Morgan fingerprint density at radius 2 is 1.80 bits per heavy atom. The molecule has 2 atom stereocenters. The third-order valence-corrected chi connectivity index (χ3v) is 7.36. The van der Waals surface area contributed by atoms with E-state index in [0.717, 1.165) is 32.1 Å². The van der Waals surface area contributed by atoms with Gasteiger partial charge in [-0.15, -0.1) is 10.1 Å². The highest BCUT2D eigenvalue weighted by molar-refractivity contribution is 6.13. The van der Waals surface area contributed by atoms with Crippen molar-refractivity contribution in [3.05, 3.63) is 64.0 Å². The zero-order valence-corrected chi connectivity index (χ0v) is 28.6. The van der Waals surface area contributed by atoms with Crippen LogP contribution < -0.4 is 31.9 Å². The molecule has 1 saturated heterocycles. The lowest BCUT2D eigenvalue weighted by Crippen LogP contribution is -2.57. The van der Waals surface area contributed by atoms with E-state index in [0.29, 0.717) is 11.3 Å². The molecule has 22 heteroatoms. The molecule has 2 aromatic rings. The van der Waals surface area contributed by atoms with Crippen molar-refractivity contribution >= 4 is 52.8 Å². The summed E-state index contributed by atoms with van der Waals surface area (Å²) in [4.78, 5) is 97.9. The number of nitrogens with one attached hydrogen (secondary N) is 6. The Bertz CT molecular complexity index is 1760. The van der Waals surface area contributed by atoms with E-state index in [1.807, 2.05) is 5.32 Å². The first-order valence-corrected chi connectivity index (χ1v) is 16.3. The predicted molar refractivity (Wildman–Crippen MR) is 185 cm³/mol. The number of ether oxygens (including phenoxy) is 1. The Balaban J connectivity index is 1.75. The Hall–Kier alpha value is -6.73. The number of amides is 4. The van der Waals surface area contributed by atoms with Crippen LogP contribution in [-0.4, -0.2) is 113 Å². The van der Waals surface area contributed by atoms with Crippen molar-refractivity contribution in [1.29, 1.82) is 5.26 Å². The third-order valence-electron chi connectivity index (χ3n) is 7.36. The molecule has 1 fully saturated rings. The smallest absolute Gasteiger partial charge is 0.326 e. The molecular weight excluding hydrogens is 716 g/mol. The number of aromatic nitrogens is 1. The standard InChI is InChI=1S/C32H38N10O12/c33-18-37-29(36-7-2-10-54-42(51)52)20-13-22(16-35-15-20)39-30(47)28(31(48)40-24(32(49)50)14-27(45)46)41-25(43)12-19-3-1-4-21(11-19)38-26(44)17-53-23-5-8-34-9-6-23/h1,3-4,11,13,15-16,23-24,28,34H,2,5-10,12,14,17H2,(H,36,37)(H,38,44)(H,39,47)(H,40,48)(H,41,43)(H,45,46)(H,49,50)/t24-,28?/m0/s1. The van der Waals surface area contributed by atoms with Gasteiger partial charge < -0.3 is 46.4 Å². The lowest BCUT2D eigenvalue weighted by Gasteiger charge is -2.22. The molecule has 3 rings (SSSR count). The zero-order valence-electron chi connectivity index (χ0n) is 28.6. The number of anilines is 2. The highest BCUT2D eigenvalue weighted by Gasteiger charge is 2.33. The SMILES string of the molecule is N#CNC(=NCCCO[N+](=O)[O-])c1cncc(NC(=O)C(NC(=O)Cc2cccc(NC(=O)COC3CCNCC3)c2)C(=O)N[C@@H](CC(=O)O)C(=O)O)c1. The molecule has 0 radical (unpaired) electrons. The normalized spacial score (nSPS) is 13.9. The second kappa shape index (κ2) is 21.6. The fraction of sp³-hybridized carbons (Fsp3) is 0.406. The molecule has 4 amide bonds. The van der Waals surface area contributed by atoms with Crippen LogP contribution in [0.15, 0.2) is 47.7 Å². The fourth-order valence-electron chi connectivity index (χ4n) is 4.89. The van der Waals surface area contributed by atoms with E-state index in [1.165, 1.54) is 18.3 Å². The number of nitrogens with zero attached hydrogens (tertiary/aromatic N) is 4. The van der Waals surface area contributed by atoms with Crippen LogP contribution >= 0.6 is 0 Å². The number of nitriles is 1. The Kier molecular flexibility index (Phi) is 16.7. The number of carbonyl (C=O) groups excluding carboxylic acids is 4. The van der Waals surface area contributed by atoms with Gasteiger partial charge in [0.2, 0.25) is 11.8 Å². The fourth-order valence-corrected chi connectivity index (χ4v) is 4.89. The highest BCUT2D eigenvalue weighted by atomic mass is 16.9. The summed E-state index contributed by atoms with van der Waals surface area (Å²) in [5.74, 6) is -7.13. The Labute approximate surface area is 306 Å². The lowest BCUT2D eigenvalue weighted by molar-refractivity contribution is -0.757. The maximum atomic E-state index is 13.5. The molecule has 1 aromatic heterocycles. The number of piperidine rings is 1. The van der Waals surface area contributed by atoms with Gasteiger partial charge in [-0.2, -0.15) is 5.26 Å². The van der Waals surface area contributed by atoms with E-state index >= 15 is 0 Å². The van der Waals surface area contributed by atoms with Gasteiger partial charge in [-0.05, 0) is 56.1 Å². The maximum Gasteiger partial charge on any atom is 0.326 e. The van der Waals surface area contributed by atoms with Crippen LogP contribution in [-0.2, 0) is 44.8 Å². The maximum absolute atomic E-state index is 13.5. The number of carboxylic acids is 2. The van der Waals surface area contributed by atoms with Crippen LogP contribution in [0.1, 0.15) is 36.8 Å². The minimum absolute atomic E-state index is 0.00793. The number of pyridine rings is 1. The van der Waals surface area contributed by atoms with Gasteiger partial charge in [0, 0.05) is 24.0 Å². The molecule has 22 nitrogen and oxygen atoms in total. The largest absolute Gasteiger partial charge is 0.481 e. The van der Waals surface area contributed by atoms with Crippen molar-refractivity contribution in [2.24, 2.45) is 4.99 Å². The van der Waals surface area contributed by atoms with Gasteiger partial charge in [-0.1, -0.05) is 12.1 Å². The van der Waals surface area contributed by atoms with Crippen LogP contribution in [0, 0.1) is 21.6 Å². The van der Waals surface area contributed by atoms with E-state index in [1.54, 1.807) is 24.4 Å². The van der Waals surface area contributed by atoms with Crippen LogP contribution in [0.25, 0.3) is 0 Å². The molecule has 0 spiro atoms. The second-order valence-corrected chi connectivity index (χ2v) is 11.5. The van der Waals surface area contributed by atoms with E-state index in [-0.39, 0.29) is 49.4 Å². The molecule has 1 aliphatic rings. The summed E-state index contributed by atoms with van der Waals surface area (Å²) < 4.78 is 5.66. The average molecular weight is 755 g/mol. The molecule has 0 aliphatic carbocycles. The molecule has 0 saturated carbocycles. The van der Waals surface area contributed by atoms with Gasteiger partial charge in [-0.25, -0.2) is 4.79 Å². The minimum Gasteiger partial charge on any atom is -0.481 e. The second-order valence-electron chi connectivity index (χ2n) is 11.5. The van der Waals surface area contributed by atoms with Gasteiger partial charge in [-0.3, -0.25) is 39.3 Å². The van der Waals surface area contributed by atoms with Crippen molar-refractivity contribution in [3.63, 3.8) is 0 Å². The van der Waals surface area contributed by atoms with Gasteiger partial charge in [0.25, 0.3) is 16.9 Å². The molecule has 0 bridgehead atoms. The van der Waals surface area contributed by atoms with Crippen LogP contribution in [0.4, 0.5) is 11.4 Å². The number of hydrogen-bond acceptors (Lipinski definition) is 14. The van der Waals surface area contributed by atoms with E-state index < -0.39 is 65.6 Å².